The van der Waals surface area contributed by atoms with Crippen molar-refractivity contribution in [1.82, 2.24) is 0 Å². The Morgan fingerprint density at radius 3 is 2.32 bits per heavy atom. The van der Waals surface area contributed by atoms with Gasteiger partial charge in [-0.25, -0.2) is 0 Å². The van der Waals surface area contributed by atoms with Crippen molar-refractivity contribution >= 4 is 33.3 Å². The monoisotopic (exact) mass is 542 g/mol. The summed E-state index contributed by atoms with van der Waals surface area (Å²) in [6, 6.07) is 17.9. The summed E-state index contributed by atoms with van der Waals surface area (Å²) < 4.78 is 5.89. The number of hydrogen-bond acceptors (Lipinski definition) is 5. The second kappa shape index (κ2) is 11.1. The first kappa shape index (κ1) is 26.1. The highest BCUT2D eigenvalue weighted by Gasteiger charge is 2.51. The van der Waals surface area contributed by atoms with Gasteiger partial charge < -0.3 is 16.2 Å². The van der Waals surface area contributed by atoms with Crippen molar-refractivity contribution in [3.8, 4) is 5.75 Å². The molecule has 0 radical (unpaired) electrons. The van der Waals surface area contributed by atoms with E-state index >= 15 is 0 Å². The van der Waals surface area contributed by atoms with Gasteiger partial charge in [0.25, 0.3) is 0 Å². The third kappa shape index (κ3) is 4.83. The number of hydrogen-bond donors (Lipinski definition) is 2. The molecule has 6 rings (SSSR count). The highest BCUT2D eigenvalue weighted by molar-refractivity contribution is 8.13. The SMILES string of the molecule is CC12SC(c3ccc(CCCCN)cc3)=CC1=C1CCCC1=C1C=C(c3ccc(OCCCN)cc3)SC12. The summed E-state index contributed by atoms with van der Waals surface area (Å²) in [6.07, 6.45) is 13.0. The molecule has 4 N–H and O–H groups in total. The van der Waals surface area contributed by atoms with Crippen LogP contribution in [-0.2, 0) is 6.42 Å². The van der Waals surface area contributed by atoms with Crippen LogP contribution in [0, 0.1) is 0 Å². The van der Waals surface area contributed by atoms with Crippen LogP contribution in [0.4, 0.5) is 0 Å². The largest absolute Gasteiger partial charge is 0.494 e. The van der Waals surface area contributed by atoms with Crippen LogP contribution in [-0.4, -0.2) is 29.7 Å². The van der Waals surface area contributed by atoms with Crippen molar-refractivity contribution in [2.75, 3.05) is 19.7 Å². The topological polar surface area (TPSA) is 61.3 Å². The Hall–Kier alpha value is -2.18. The van der Waals surface area contributed by atoms with E-state index in [1.165, 1.54) is 45.8 Å². The standard InChI is InChI=1S/C33H38N2OS2/c1-33-29(21-31(38-33)24-11-9-22(10-12-24)6-2-3-17-34)27-8-4-7-26(27)28-20-30(37-32(28)33)23-13-15-25(16-14-23)36-19-5-18-35/h9-16,20-21,32H,2-8,17-19,34-35H2,1H3. The van der Waals surface area contributed by atoms with E-state index in [1.54, 1.807) is 22.3 Å². The van der Waals surface area contributed by atoms with Crippen LogP contribution in [0.25, 0.3) is 9.81 Å². The predicted octanol–water partition coefficient (Wildman–Crippen LogP) is 7.49. The molecule has 2 atom stereocenters. The molecule has 1 saturated carbocycles. The maximum atomic E-state index is 5.84. The van der Waals surface area contributed by atoms with Crippen LogP contribution in [0.2, 0.25) is 0 Å². The molecule has 0 bridgehead atoms. The van der Waals surface area contributed by atoms with E-state index in [-0.39, 0.29) is 4.75 Å². The van der Waals surface area contributed by atoms with Gasteiger partial charge in [-0.2, -0.15) is 0 Å². The van der Waals surface area contributed by atoms with Gasteiger partial charge in [0, 0.05) is 9.81 Å². The average molecular weight is 543 g/mol. The average Bonchev–Trinajstić information content (AvgIpc) is 3.67. The zero-order chi connectivity index (χ0) is 26.1. The molecule has 2 unspecified atom stereocenters. The first-order chi connectivity index (χ1) is 18.6. The Morgan fingerprint density at radius 1 is 0.842 bits per heavy atom. The lowest BCUT2D eigenvalue weighted by atomic mass is 9.79. The van der Waals surface area contributed by atoms with Gasteiger partial charge >= 0.3 is 0 Å². The van der Waals surface area contributed by atoms with Crippen LogP contribution in [0.1, 0.15) is 62.1 Å². The lowest BCUT2D eigenvalue weighted by molar-refractivity contribution is 0.313. The molecule has 5 heteroatoms. The summed E-state index contributed by atoms with van der Waals surface area (Å²) in [4.78, 5) is 2.81. The lowest BCUT2D eigenvalue weighted by Gasteiger charge is -2.38. The maximum Gasteiger partial charge on any atom is 0.119 e. The summed E-state index contributed by atoms with van der Waals surface area (Å²) >= 11 is 4.14. The van der Waals surface area contributed by atoms with E-state index in [0.717, 1.165) is 38.0 Å². The number of ether oxygens (including phenoxy) is 1. The smallest absolute Gasteiger partial charge is 0.119 e. The van der Waals surface area contributed by atoms with E-state index in [1.807, 2.05) is 0 Å². The van der Waals surface area contributed by atoms with Gasteiger partial charge in [0.1, 0.15) is 5.75 Å². The van der Waals surface area contributed by atoms with Crippen molar-refractivity contribution in [2.24, 2.45) is 11.5 Å². The van der Waals surface area contributed by atoms with Crippen molar-refractivity contribution in [1.29, 1.82) is 0 Å². The van der Waals surface area contributed by atoms with Gasteiger partial charge in [0.2, 0.25) is 0 Å². The van der Waals surface area contributed by atoms with Crippen molar-refractivity contribution in [3.63, 3.8) is 0 Å². The summed E-state index contributed by atoms with van der Waals surface area (Å²) in [5.74, 6) is 0.921. The van der Waals surface area contributed by atoms with E-state index in [4.69, 9.17) is 16.2 Å². The number of aryl methyl sites for hydroxylation is 1. The van der Waals surface area contributed by atoms with Crippen molar-refractivity contribution < 1.29 is 4.74 Å². The molecule has 0 aromatic heterocycles. The summed E-state index contributed by atoms with van der Waals surface area (Å²) in [5, 5.41) is 0.444. The molecule has 2 aliphatic carbocycles. The molecule has 3 nitrogen and oxygen atoms in total. The second-order valence-electron chi connectivity index (χ2n) is 10.9. The fraction of sp³-hybridized carbons (Fsp3) is 0.394. The summed E-state index contributed by atoms with van der Waals surface area (Å²) in [6.45, 7) is 4.60. The third-order valence-electron chi connectivity index (χ3n) is 8.25. The number of thioether (sulfide) groups is 2. The molecule has 0 amide bonds. The molecule has 0 spiro atoms. The number of fused-ring (bicyclic) bond motifs is 4. The normalized spacial score (nSPS) is 23.8. The van der Waals surface area contributed by atoms with Crippen LogP contribution < -0.4 is 16.2 Å². The predicted molar refractivity (Wildman–Crippen MR) is 165 cm³/mol. The summed E-state index contributed by atoms with van der Waals surface area (Å²) in [5.41, 5.74) is 21.7. The molecular formula is C33H38N2OS2. The Bertz CT molecular complexity index is 1320. The lowest BCUT2D eigenvalue weighted by Crippen LogP contribution is -2.37. The Balaban J connectivity index is 1.24. The second-order valence-corrected chi connectivity index (χ2v) is 13.5. The van der Waals surface area contributed by atoms with E-state index in [9.17, 15) is 0 Å². The maximum absolute atomic E-state index is 5.84. The van der Waals surface area contributed by atoms with Crippen LogP contribution in [0.3, 0.4) is 0 Å². The highest BCUT2D eigenvalue weighted by atomic mass is 32.2. The Morgan fingerprint density at radius 2 is 1.55 bits per heavy atom. The minimum atomic E-state index is 0.0574. The molecule has 2 aromatic rings. The molecule has 2 aliphatic heterocycles. The van der Waals surface area contributed by atoms with Gasteiger partial charge in [-0.05, 0) is 128 Å². The number of nitrogens with two attached hydrogens (primary N) is 2. The minimum absolute atomic E-state index is 0.0574. The van der Waals surface area contributed by atoms with E-state index < -0.39 is 0 Å². The molecule has 38 heavy (non-hydrogen) atoms. The highest BCUT2D eigenvalue weighted by Crippen LogP contribution is 2.65. The van der Waals surface area contributed by atoms with Gasteiger partial charge in [0.15, 0.2) is 0 Å². The van der Waals surface area contributed by atoms with Crippen LogP contribution >= 0.6 is 23.5 Å². The zero-order valence-corrected chi connectivity index (χ0v) is 23.9. The zero-order valence-electron chi connectivity index (χ0n) is 22.3. The Kier molecular flexibility index (Phi) is 7.63. The number of unbranched alkanes of at least 4 members (excludes halogenated alkanes) is 1. The number of benzene rings is 2. The fourth-order valence-electron chi connectivity index (χ4n) is 6.22. The first-order valence-electron chi connectivity index (χ1n) is 14.1. The van der Waals surface area contributed by atoms with Gasteiger partial charge in [0.05, 0.1) is 16.6 Å². The number of rotatable bonds is 10. The number of allylic oxidation sites excluding steroid dienone is 4. The molecule has 2 heterocycles. The van der Waals surface area contributed by atoms with Crippen molar-refractivity contribution in [3.05, 3.63) is 99.7 Å². The molecular weight excluding hydrogens is 505 g/mol. The van der Waals surface area contributed by atoms with Crippen LogP contribution in [0.15, 0.2) is 83.0 Å². The molecule has 4 aliphatic rings. The van der Waals surface area contributed by atoms with Crippen LogP contribution in [0.5, 0.6) is 5.75 Å². The van der Waals surface area contributed by atoms with E-state index in [2.05, 4.69) is 91.1 Å². The molecule has 198 valence electrons. The van der Waals surface area contributed by atoms with Gasteiger partial charge in [-0.15, -0.1) is 23.5 Å². The van der Waals surface area contributed by atoms with Crippen molar-refractivity contribution in [2.45, 2.75) is 61.9 Å². The van der Waals surface area contributed by atoms with Gasteiger partial charge in [-0.3, -0.25) is 0 Å². The molecule has 2 aromatic carbocycles. The first-order valence-corrected chi connectivity index (χ1v) is 15.8. The quantitative estimate of drug-likeness (QED) is 0.305. The molecule has 1 fully saturated rings. The summed E-state index contributed by atoms with van der Waals surface area (Å²) in [7, 11) is 0. The van der Waals surface area contributed by atoms with E-state index in [0.29, 0.717) is 18.4 Å². The minimum Gasteiger partial charge on any atom is -0.494 e. The Labute approximate surface area is 235 Å². The van der Waals surface area contributed by atoms with Gasteiger partial charge in [-0.1, -0.05) is 36.4 Å². The fourth-order valence-corrected chi connectivity index (χ4v) is 9.33. The molecule has 0 saturated heterocycles. The third-order valence-corrected chi connectivity index (χ3v) is 11.4.